The van der Waals surface area contributed by atoms with Crippen LogP contribution in [0.1, 0.15) is 15.9 Å². The molecule has 86 valence electrons. The first-order valence-electron chi connectivity index (χ1n) is 4.84. The van der Waals surface area contributed by atoms with Crippen molar-refractivity contribution in [3.8, 4) is 0 Å². The molecule has 0 saturated carbocycles. The zero-order valence-corrected chi connectivity index (χ0v) is 11.5. The van der Waals surface area contributed by atoms with E-state index >= 15 is 0 Å². The predicted octanol–water partition coefficient (Wildman–Crippen LogP) is 4.31. The predicted molar refractivity (Wildman–Crippen MR) is 74.0 cm³/mol. The van der Waals surface area contributed by atoms with E-state index in [9.17, 15) is 9.18 Å². The van der Waals surface area contributed by atoms with E-state index in [1.807, 2.05) is 12.1 Å². The van der Waals surface area contributed by atoms with Crippen molar-refractivity contribution in [3.05, 3.63) is 68.0 Å². The fraction of sp³-hybridized carbons (Fsp3) is 0. The highest BCUT2D eigenvalue weighted by Crippen LogP contribution is 2.22. The van der Waals surface area contributed by atoms with Gasteiger partial charge in [-0.15, -0.1) is 0 Å². The summed E-state index contributed by atoms with van der Waals surface area (Å²) in [5.41, 5.74) is 0.719. The lowest BCUT2D eigenvalue weighted by Gasteiger charge is -2.05. The van der Waals surface area contributed by atoms with Gasteiger partial charge in [0.25, 0.3) is 0 Å². The first kappa shape index (κ1) is 12.5. The van der Waals surface area contributed by atoms with Crippen LogP contribution in [-0.2, 0) is 0 Å². The van der Waals surface area contributed by atoms with Crippen molar-refractivity contribution >= 4 is 40.0 Å². The summed E-state index contributed by atoms with van der Waals surface area (Å²) in [7, 11) is 0. The SMILES string of the molecule is O=C(c1cc(F)ccc1Cl)c1ccccc1I. The van der Waals surface area contributed by atoms with Gasteiger partial charge in [0, 0.05) is 14.7 Å². The molecule has 0 amide bonds. The average Bonchev–Trinajstić information content (AvgIpc) is 2.32. The smallest absolute Gasteiger partial charge is 0.195 e. The largest absolute Gasteiger partial charge is 0.289 e. The summed E-state index contributed by atoms with van der Waals surface area (Å²) in [6.07, 6.45) is 0. The molecule has 0 aliphatic heterocycles. The van der Waals surface area contributed by atoms with Gasteiger partial charge < -0.3 is 0 Å². The minimum Gasteiger partial charge on any atom is -0.289 e. The van der Waals surface area contributed by atoms with Gasteiger partial charge in [0.15, 0.2) is 5.78 Å². The van der Waals surface area contributed by atoms with Gasteiger partial charge in [0.05, 0.1) is 5.02 Å². The molecular weight excluding hydrogens is 353 g/mol. The number of ketones is 1. The summed E-state index contributed by atoms with van der Waals surface area (Å²) in [5, 5.41) is 0.260. The summed E-state index contributed by atoms with van der Waals surface area (Å²) in [4.78, 5) is 12.2. The topological polar surface area (TPSA) is 17.1 Å². The maximum Gasteiger partial charge on any atom is 0.195 e. The Morgan fingerprint density at radius 2 is 1.82 bits per heavy atom. The fourth-order valence-electron chi connectivity index (χ4n) is 1.46. The highest BCUT2D eigenvalue weighted by molar-refractivity contribution is 14.1. The molecule has 0 radical (unpaired) electrons. The van der Waals surface area contributed by atoms with Crippen LogP contribution in [-0.4, -0.2) is 5.78 Å². The summed E-state index contributed by atoms with van der Waals surface area (Å²) >= 11 is 7.97. The van der Waals surface area contributed by atoms with E-state index < -0.39 is 5.82 Å². The lowest BCUT2D eigenvalue weighted by atomic mass is 10.0. The molecule has 2 aromatic rings. The molecule has 0 spiro atoms. The molecule has 1 nitrogen and oxygen atoms in total. The summed E-state index contributed by atoms with van der Waals surface area (Å²) in [6.45, 7) is 0. The van der Waals surface area contributed by atoms with Crippen LogP contribution in [0.2, 0.25) is 5.02 Å². The third-order valence-corrected chi connectivity index (χ3v) is 3.56. The van der Waals surface area contributed by atoms with Crippen LogP contribution >= 0.6 is 34.2 Å². The first-order chi connectivity index (χ1) is 8.09. The van der Waals surface area contributed by atoms with Gasteiger partial charge in [0.2, 0.25) is 0 Å². The van der Waals surface area contributed by atoms with Crippen LogP contribution in [0, 0.1) is 9.39 Å². The Kier molecular flexibility index (Phi) is 3.79. The van der Waals surface area contributed by atoms with Crippen molar-refractivity contribution < 1.29 is 9.18 Å². The molecule has 0 atom stereocenters. The molecule has 0 bridgehead atoms. The lowest BCUT2D eigenvalue weighted by Crippen LogP contribution is -2.04. The zero-order valence-electron chi connectivity index (χ0n) is 8.58. The number of rotatable bonds is 2. The first-order valence-corrected chi connectivity index (χ1v) is 6.29. The molecule has 0 heterocycles. The van der Waals surface area contributed by atoms with Gasteiger partial charge >= 0.3 is 0 Å². The lowest BCUT2D eigenvalue weighted by molar-refractivity contribution is 0.103. The molecule has 0 aromatic heterocycles. The molecular formula is C13H7ClFIO. The Bertz CT molecular complexity index is 583. The van der Waals surface area contributed by atoms with Gasteiger partial charge in [-0.25, -0.2) is 4.39 Å². The minimum absolute atomic E-state index is 0.191. The molecule has 0 unspecified atom stereocenters. The van der Waals surface area contributed by atoms with Gasteiger partial charge in [-0.05, 0) is 52.9 Å². The van der Waals surface area contributed by atoms with E-state index in [0.29, 0.717) is 5.56 Å². The Labute approximate surface area is 117 Å². The summed E-state index contributed by atoms with van der Waals surface area (Å²) in [5.74, 6) is -0.733. The Hall–Kier alpha value is -0.940. The molecule has 0 saturated heterocycles. The van der Waals surface area contributed by atoms with Crippen molar-refractivity contribution in [1.82, 2.24) is 0 Å². The number of hydrogen-bond acceptors (Lipinski definition) is 1. The molecule has 2 aromatic carbocycles. The second-order valence-corrected chi connectivity index (χ2v) is 5.00. The molecule has 4 heteroatoms. The number of hydrogen-bond donors (Lipinski definition) is 0. The highest BCUT2D eigenvalue weighted by Gasteiger charge is 2.15. The van der Waals surface area contributed by atoms with Gasteiger partial charge in [0.1, 0.15) is 5.82 Å². The van der Waals surface area contributed by atoms with Crippen LogP contribution in [0.15, 0.2) is 42.5 Å². The molecule has 0 aliphatic rings. The van der Waals surface area contributed by atoms with Crippen molar-refractivity contribution in [1.29, 1.82) is 0 Å². The zero-order chi connectivity index (χ0) is 12.4. The molecule has 0 fully saturated rings. The third kappa shape index (κ3) is 2.66. The number of carbonyl (C=O) groups is 1. The van der Waals surface area contributed by atoms with E-state index in [1.165, 1.54) is 12.1 Å². The monoisotopic (exact) mass is 360 g/mol. The summed E-state index contributed by atoms with van der Waals surface area (Å²) in [6, 6.07) is 10.9. The standard InChI is InChI=1S/C13H7ClFIO/c14-11-6-5-8(15)7-10(11)13(17)9-3-1-2-4-12(9)16/h1-7H. The number of carbonyl (C=O) groups excluding carboxylic acids is 1. The van der Waals surface area contributed by atoms with E-state index in [-0.39, 0.29) is 16.4 Å². The van der Waals surface area contributed by atoms with Crippen molar-refractivity contribution in [3.63, 3.8) is 0 Å². The molecule has 2 rings (SSSR count). The second-order valence-electron chi connectivity index (χ2n) is 3.43. The van der Waals surface area contributed by atoms with Crippen LogP contribution in [0.5, 0.6) is 0 Å². The van der Waals surface area contributed by atoms with Crippen LogP contribution in [0.3, 0.4) is 0 Å². The minimum atomic E-state index is -0.469. The van der Waals surface area contributed by atoms with Gasteiger partial charge in [-0.2, -0.15) is 0 Å². The Morgan fingerprint density at radius 1 is 1.12 bits per heavy atom. The molecule has 17 heavy (non-hydrogen) atoms. The van der Waals surface area contributed by atoms with Crippen LogP contribution in [0.4, 0.5) is 4.39 Å². The highest BCUT2D eigenvalue weighted by atomic mass is 127. The maximum atomic E-state index is 13.1. The van der Waals surface area contributed by atoms with E-state index in [4.69, 9.17) is 11.6 Å². The number of benzene rings is 2. The van der Waals surface area contributed by atoms with E-state index in [1.54, 1.807) is 12.1 Å². The van der Waals surface area contributed by atoms with Crippen molar-refractivity contribution in [2.24, 2.45) is 0 Å². The molecule has 0 aliphatic carbocycles. The third-order valence-electron chi connectivity index (χ3n) is 2.29. The summed E-state index contributed by atoms with van der Waals surface area (Å²) < 4.78 is 13.9. The maximum absolute atomic E-state index is 13.1. The normalized spacial score (nSPS) is 10.3. The quantitative estimate of drug-likeness (QED) is 0.576. The average molecular weight is 361 g/mol. The van der Waals surface area contributed by atoms with Crippen molar-refractivity contribution in [2.75, 3.05) is 0 Å². The fourth-order valence-corrected chi connectivity index (χ4v) is 2.30. The Morgan fingerprint density at radius 3 is 2.53 bits per heavy atom. The van der Waals surface area contributed by atoms with Crippen LogP contribution < -0.4 is 0 Å². The second kappa shape index (κ2) is 5.14. The number of halogens is 3. The van der Waals surface area contributed by atoms with Crippen LogP contribution in [0.25, 0.3) is 0 Å². The molecule has 0 N–H and O–H groups in total. The van der Waals surface area contributed by atoms with Gasteiger partial charge in [-0.1, -0.05) is 23.7 Å². The van der Waals surface area contributed by atoms with Crippen molar-refractivity contribution in [2.45, 2.75) is 0 Å². The van der Waals surface area contributed by atoms with E-state index in [2.05, 4.69) is 22.6 Å². The van der Waals surface area contributed by atoms with Gasteiger partial charge in [-0.3, -0.25) is 4.79 Å². The van der Waals surface area contributed by atoms with E-state index in [0.717, 1.165) is 9.64 Å². The Balaban J connectivity index is 2.51.